The first-order valence-corrected chi connectivity index (χ1v) is 10.9. The predicted molar refractivity (Wildman–Crippen MR) is 119 cm³/mol. The number of rotatable bonds is 6. The summed E-state index contributed by atoms with van der Waals surface area (Å²) in [4.78, 5) is 13.5. The van der Waals surface area contributed by atoms with Crippen LogP contribution < -0.4 is 0 Å². The average molecular weight is 422 g/mol. The molecule has 0 saturated carbocycles. The van der Waals surface area contributed by atoms with E-state index in [1.165, 1.54) is 16.5 Å². The van der Waals surface area contributed by atoms with E-state index in [4.69, 9.17) is 0 Å². The third-order valence-electron chi connectivity index (χ3n) is 6.56. The summed E-state index contributed by atoms with van der Waals surface area (Å²) in [5, 5.41) is 21.6. The van der Waals surface area contributed by atoms with Crippen molar-refractivity contribution in [1.82, 2.24) is 4.90 Å². The highest BCUT2D eigenvalue weighted by molar-refractivity contribution is 5.87. The summed E-state index contributed by atoms with van der Waals surface area (Å²) in [6.07, 6.45) is 1.77. The summed E-state index contributed by atoms with van der Waals surface area (Å²) in [6.45, 7) is 2.25. The molecule has 0 aromatic heterocycles. The molecule has 4 nitrogen and oxygen atoms in total. The van der Waals surface area contributed by atoms with Crippen molar-refractivity contribution < 1.29 is 19.4 Å². The van der Waals surface area contributed by atoms with E-state index in [1.807, 2.05) is 37.3 Å². The Bertz CT molecular complexity index is 1080. The maximum Gasteiger partial charge on any atom is 0.407 e. The van der Waals surface area contributed by atoms with Crippen LogP contribution in [0.5, 0.6) is 0 Å². The second-order valence-electron chi connectivity index (χ2n) is 8.50. The molecule has 3 atom stereocenters. The Balaban J connectivity index is 1.45. The van der Waals surface area contributed by atoms with Crippen molar-refractivity contribution in [2.45, 2.75) is 44.8 Å². The van der Waals surface area contributed by atoms with Crippen molar-refractivity contribution in [3.05, 3.63) is 83.2 Å². The van der Waals surface area contributed by atoms with Gasteiger partial charge in [-0.15, -0.1) is 0 Å². The Morgan fingerprint density at radius 3 is 2.58 bits per heavy atom. The van der Waals surface area contributed by atoms with Gasteiger partial charge in [0.25, 0.3) is 0 Å². The predicted octanol–water partition coefficient (Wildman–Crippen LogP) is 6.10. The topological polar surface area (TPSA) is 60.8 Å². The van der Waals surface area contributed by atoms with E-state index in [9.17, 15) is 19.4 Å². The highest BCUT2D eigenvalue weighted by atomic mass is 19.1. The molecule has 0 radical (unpaired) electrons. The van der Waals surface area contributed by atoms with Gasteiger partial charge in [0, 0.05) is 11.9 Å². The molecule has 2 N–H and O–H groups in total. The number of aliphatic hydroxyl groups is 1. The van der Waals surface area contributed by atoms with Crippen molar-refractivity contribution in [2.24, 2.45) is 5.92 Å². The van der Waals surface area contributed by atoms with E-state index in [0.717, 1.165) is 35.8 Å². The Hall–Kier alpha value is -2.92. The lowest BCUT2D eigenvalue weighted by molar-refractivity contribution is 0.116. The highest BCUT2D eigenvalue weighted by Gasteiger charge is 2.26. The Labute approximate surface area is 181 Å². The van der Waals surface area contributed by atoms with Gasteiger partial charge >= 0.3 is 6.09 Å². The van der Waals surface area contributed by atoms with E-state index in [2.05, 4.69) is 6.07 Å². The zero-order valence-electron chi connectivity index (χ0n) is 17.7. The minimum Gasteiger partial charge on any atom is -0.465 e. The molecule has 31 heavy (non-hydrogen) atoms. The molecule has 0 fully saturated rings. The first-order valence-electron chi connectivity index (χ1n) is 10.9. The standard InChI is InChI=1S/C26H28FNO3/c1-17(20-12-13-24(27)23-11-5-4-10-22(20)23)28(26(30)31)14-6-7-18-15-19-8-2-3-9-21(19)25(29)16-18/h2-5,8-13,17-18,25,29H,6-7,14-16H2,1H3,(H,30,31)/t17-,18-,25?/m1/s1. The van der Waals surface area contributed by atoms with E-state index in [-0.39, 0.29) is 11.9 Å². The van der Waals surface area contributed by atoms with Crippen LogP contribution in [0.15, 0.2) is 60.7 Å². The third-order valence-corrected chi connectivity index (χ3v) is 6.56. The molecule has 1 aliphatic carbocycles. The first kappa shape index (κ1) is 21.3. The number of aliphatic hydroxyl groups excluding tert-OH is 1. The average Bonchev–Trinajstić information content (AvgIpc) is 2.76. The second kappa shape index (κ2) is 9.06. The number of benzene rings is 3. The number of amides is 1. The molecular weight excluding hydrogens is 393 g/mol. The van der Waals surface area contributed by atoms with Crippen LogP contribution in [-0.2, 0) is 6.42 Å². The van der Waals surface area contributed by atoms with Crippen molar-refractivity contribution in [1.29, 1.82) is 0 Å². The highest BCUT2D eigenvalue weighted by Crippen LogP contribution is 2.35. The van der Waals surface area contributed by atoms with Crippen LogP contribution in [0.2, 0.25) is 0 Å². The third kappa shape index (κ3) is 4.42. The molecule has 0 saturated heterocycles. The van der Waals surface area contributed by atoms with Crippen LogP contribution in [0.25, 0.3) is 10.8 Å². The summed E-state index contributed by atoms with van der Waals surface area (Å²) >= 11 is 0. The van der Waals surface area contributed by atoms with Crippen LogP contribution in [0, 0.1) is 11.7 Å². The van der Waals surface area contributed by atoms with E-state index >= 15 is 0 Å². The maximum absolute atomic E-state index is 14.2. The normalized spacial score (nSPS) is 19.1. The molecule has 4 rings (SSSR count). The van der Waals surface area contributed by atoms with Crippen LogP contribution in [0.3, 0.4) is 0 Å². The van der Waals surface area contributed by atoms with Gasteiger partial charge in [0.15, 0.2) is 0 Å². The maximum atomic E-state index is 14.2. The number of halogens is 1. The Morgan fingerprint density at radius 1 is 1.10 bits per heavy atom. The van der Waals surface area contributed by atoms with E-state index in [1.54, 1.807) is 18.2 Å². The zero-order valence-corrected chi connectivity index (χ0v) is 17.7. The molecule has 3 aromatic carbocycles. The van der Waals surface area contributed by atoms with E-state index in [0.29, 0.717) is 24.3 Å². The lowest BCUT2D eigenvalue weighted by Gasteiger charge is -2.31. The van der Waals surface area contributed by atoms with Gasteiger partial charge < -0.3 is 15.1 Å². The van der Waals surface area contributed by atoms with Gasteiger partial charge in [-0.05, 0) is 66.7 Å². The van der Waals surface area contributed by atoms with Gasteiger partial charge in [0.2, 0.25) is 0 Å². The Kier molecular flexibility index (Phi) is 6.23. The summed E-state index contributed by atoms with van der Waals surface area (Å²) in [5.74, 6) is 0.0343. The first-order chi connectivity index (χ1) is 15.0. The lowest BCUT2D eigenvalue weighted by Crippen LogP contribution is -2.33. The minimum absolute atomic E-state index is 0.301. The smallest absolute Gasteiger partial charge is 0.407 e. The van der Waals surface area contributed by atoms with Crippen molar-refractivity contribution in [3.63, 3.8) is 0 Å². The van der Waals surface area contributed by atoms with Crippen LogP contribution in [0.4, 0.5) is 9.18 Å². The number of fused-ring (bicyclic) bond motifs is 2. The summed E-state index contributed by atoms with van der Waals surface area (Å²) in [6, 6.07) is 17.9. The molecule has 162 valence electrons. The van der Waals surface area contributed by atoms with Gasteiger partial charge in [0.05, 0.1) is 12.1 Å². The number of nitrogens with zero attached hydrogens (tertiary/aromatic N) is 1. The summed E-state index contributed by atoms with van der Waals surface area (Å²) in [7, 11) is 0. The molecule has 0 bridgehead atoms. The SMILES string of the molecule is C[C@H](c1ccc(F)c2ccccc12)N(CCC[C@@H]1Cc2ccccc2C(O)C1)C(=O)O. The van der Waals surface area contributed by atoms with Gasteiger partial charge in [-0.25, -0.2) is 9.18 Å². The van der Waals surface area contributed by atoms with Gasteiger partial charge in [-0.3, -0.25) is 0 Å². The molecule has 1 unspecified atom stereocenters. The summed E-state index contributed by atoms with van der Waals surface area (Å²) < 4.78 is 14.2. The van der Waals surface area contributed by atoms with Crippen LogP contribution >= 0.6 is 0 Å². The van der Waals surface area contributed by atoms with E-state index < -0.39 is 12.2 Å². The van der Waals surface area contributed by atoms with Gasteiger partial charge in [-0.2, -0.15) is 0 Å². The molecule has 0 aliphatic heterocycles. The lowest BCUT2D eigenvalue weighted by atomic mass is 9.80. The Morgan fingerprint density at radius 2 is 1.81 bits per heavy atom. The zero-order chi connectivity index (χ0) is 22.0. The quantitative estimate of drug-likeness (QED) is 0.506. The van der Waals surface area contributed by atoms with Crippen molar-refractivity contribution in [3.8, 4) is 0 Å². The van der Waals surface area contributed by atoms with Crippen molar-refractivity contribution in [2.75, 3.05) is 6.54 Å². The fourth-order valence-corrected chi connectivity index (χ4v) is 4.93. The minimum atomic E-state index is -0.977. The molecular formula is C26H28FNO3. The number of carbonyl (C=O) groups is 1. The fraction of sp³-hybridized carbons (Fsp3) is 0.346. The van der Waals surface area contributed by atoms with Gasteiger partial charge in [-0.1, -0.05) is 54.6 Å². The largest absolute Gasteiger partial charge is 0.465 e. The molecule has 5 heteroatoms. The second-order valence-corrected chi connectivity index (χ2v) is 8.50. The van der Waals surface area contributed by atoms with Crippen LogP contribution in [0.1, 0.15) is 55.0 Å². The van der Waals surface area contributed by atoms with Crippen molar-refractivity contribution >= 4 is 16.9 Å². The monoisotopic (exact) mass is 421 g/mol. The number of hydrogen-bond acceptors (Lipinski definition) is 2. The number of carboxylic acid groups (broad SMARTS) is 1. The molecule has 0 heterocycles. The van der Waals surface area contributed by atoms with Gasteiger partial charge in [0.1, 0.15) is 5.82 Å². The fourth-order valence-electron chi connectivity index (χ4n) is 4.93. The molecule has 3 aromatic rings. The molecule has 1 aliphatic rings. The molecule has 1 amide bonds. The molecule has 0 spiro atoms. The number of hydrogen-bond donors (Lipinski definition) is 2. The van der Waals surface area contributed by atoms with Crippen LogP contribution in [-0.4, -0.2) is 27.8 Å². The summed E-state index contributed by atoms with van der Waals surface area (Å²) in [5.41, 5.74) is 3.01.